The van der Waals surface area contributed by atoms with Crippen molar-refractivity contribution in [1.82, 2.24) is 25.1 Å². The van der Waals surface area contributed by atoms with Crippen molar-refractivity contribution in [2.45, 2.75) is 50.2 Å². The molecule has 2 aromatic rings. The second kappa shape index (κ2) is 11.8. The fraction of sp³-hybridized carbons (Fsp3) is 0.548. The minimum absolute atomic E-state index is 0.0159. The Morgan fingerprint density at radius 1 is 1.07 bits per heavy atom. The Morgan fingerprint density at radius 3 is 2.60 bits per heavy atom. The summed E-state index contributed by atoms with van der Waals surface area (Å²) in [6.45, 7) is 2.62. The molecule has 6 rings (SSSR count). The first kappa shape index (κ1) is 28.9. The summed E-state index contributed by atoms with van der Waals surface area (Å²) >= 11 is 0. The Morgan fingerprint density at radius 2 is 1.84 bits per heavy atom. The average Bonchev–Trinajstić information content (AvgIpc) is 3.53. The van der Waals surface area contributed by atoms with Gasteiger partial charge in [0.2, 0.25) is 23.6 Å². The molecule has 2 aliphatic heterocycles. The number of carbonyl (C=O) groups is 4. The van der Waals surface area contributed by atoms with Crippen LogP contribution in [0, 0.1) is 17.8 Å². The van der Waals surface area contributed by atoms with E-state index in [-0.39, 0.29) is 17.7 Å². The van der Waals surface area contributed by atoms with Crippen molar-refractivity contribution in [3.63, 3.8) is 0 Å². The second-order valence-corrected chi connectivity index (χ2v) is 12.2. The zero-order valence-electron chi connectivity index (χ0n) is 24.5. The number of amides is 4. The standard InChI is InChI=1S/C31H39N7O5/c1-36-11-7-3-2-4-8-20-18-31(20,19-39)35-26(40)23-16-21(17-24(23)28(36)41)43-27-22-9-5-6-10-25(22)33-30(34-27)38-14-12-37(13-15-38)29(32)42/h4-6,8-10,19-21,23-24H,2-3,7,11-18H2,1H3,(H2,32,42)(H,35,40)/b8-4+. The topological polar surface area (TPSA) is 151 Å². The smallest absolute Gasteiger partial charge is 0.314 e. The van der Waals surface area contributed by atoms with E-state index in [0.29, 0.717) is 69.3 Å². The molecule has 43 heavy (non-hydrogen) atoms. The summed E-state index contributed by atoms with van der Waals surface area (Å²) in [5.74, 6) is -0.679. The van der Waals surface area contributed by atoms with Crippen molar-refractivity contribution in [2.75, 3.05) is 44.7 Å². The number of ether oxygens (including phenoxy) is 1. The summed E-state index contributed by atoms with van der Waals surface area (Å²) in [7, 11) is 1.79. The fourth-order valence-electron chi connectivity index (χ4n) is 6.64. The molecule has 1 aromatic carbocycles. The molecule has 1 aromatic heterocycles. The van der Waals surface area contributed by atoms with Crippen LogP contribution in [0.3, 0.4) is 0 Å². The van der Waals surface area contributed by atoms with Crippen LogP contribution in [0.5, 0.6) is 5.88 Å². The van der Waals surface area contributed by atoms with Gasteiger partial charge in [-0.2, -0.15) is 4.98 Å². The zero-order chi connectivity index (χ0) is 30.1. The molecule has 2 aliphatic carbocycles. The highest BCUT2D eigenvalue weighted by Crippen LogP contribution is 2.45. The Balaban J connectivity index is 1.25. The molecule has 0 spiro atoms. The molecule has 1 saturated heterocycles. The van der Waals surface area contributed by atoms with Crippen molar-refractivity contribution >= 4 is 41.0 Å². The molecule has 3 heterocycles. The van der Waals surface area contributed by atoms with E-state index in [9.17, 15) is 19.2 Å². The number of hydrogen-bond acceptors (Lipinski definition) is 8. The second-order valence-electron chi connectivity index (χ2n) is 12.2. The first-order valence-corrected chi connectivity index (χ1v) is 15.2. The zero-order valence-corrected chi connectivity index (χ0v) is 24.5. The minimum Gasteiger partial charge on any atom is -0.474 e. The number of hydrogen-bond donors (Lipinski definition) is 2. The summed E-state index contributed by atoms with van der Waals surface area (Å²) < 4.78 is 6.53. The molecule has 5 unspecified atom stereocenters. The number of aldehydes is 1. The molecule has 228 valence electrons. The largest absolute Gasteiger partial charge is 0.474 e. The van der Waals surface area contributed by atoms with Crippen LogP contribution in [-0.2, 0) is 14.4 Å². The summed E-state index contributed by atoms with van der Waals surface area (Å²) in [5, 5.41) is 3.74. The maximum atomic E-state index is 13.7. The van der Waals surface area contributed by atoms with Crippen molar-refractivity contribution in [3.8, 4) is 5.88 Å². The molecular weight excluding hydrogens is 550 g/mol. The number of aromatic nitrogens is 2. The molecule has 4 amide bonds. The number of urea groups is 1. The van der Waals surface area contributed by atoms with Gasteiger partial charge in [-0.05, 0) is 50.7 Å². The lowest BCUT2D eigenvalue weighted by atomic mass is 9.93. The first-order chi connectivity index (χ1) is 20.8. The molecule has 2 saturated carbocycles. The number of para-hydroxylation sites is 1. The molecule has 4 aliphatic rings. The van der Waals surface area contributed by atoms with E-state index in [1.54, 1.807) is 16.8 Å². The van der Waals surface area contributed by atoms with Crippen LogP contribution in [0.15, 0.2) is 36.4 Å². The predicted molar refractivity (Wildman–Crippen MR) is 159 cm³/mol. The number of carbonyl (C=O) groups excluding carboxylic acids is 4. The highest BCUT2D eigenvalue weighted by molar-refractivity contribution is 5.91. The third-order valence-corrected chi connectivity index (χ3v) is 9.37. The maximum absolute atomic E-state index is 13.7. The normalized spacial score (nSPS) is 30.6. The van der Waals surface area contributed by atoms with Gasteiger partial charge >= 0.3 is 6.03 Å². The molecule has 0 radical (unpaired) electrons. The number of allylic oxidation sites excluding steroid dienone is 1. The third-order valence-electron chi connectivity index (χ3n) is 9.37. The molecule has 12 nitrogen and oxygen atoms in total. The molecule has 5 atom stereocenters. The van der Waals surface area contributed by atoms with Crippen LogP contribution >= 0.6 is 0 Å². The lowest BCUT2D eigenvalue weighted by Crippen LogP contribution is -2.51. The fourth-order valence-corrected chi connectivity index (χ4v) is 6.64. The summed E-state index contributed by atoms with van der Waals surface area (Å²) in [5.41, 5.74) is 5.27. The van der Waals surface area contributed by atoms with Gasteiger partial charge in [-0.25, -0.2) is 9.78 Å². The highest BCUT2D eigenvalue weighted by Gasteiger charge is 2.56. The Kier molecular flexibility index (Phi) is 7.93. The van der Waals surface area contributed by atoms with Crippen LogP contribution in [0.4, 0.5) is 10.7 Å². The van der Waals surface area contributed by atoms with Gasteiger partial charge in [-0.15, -0.1) is 0 Å². The number of fused-ring (bicyclic) bond motifs is 3. The third kappa shape index (κ3) is 5.87. The molecule has 3 fully saturated rings. The minimum atomic E-state index is -0.896. The van der Waals surface area contributed by atoms with Gasteiger partial charge in [0.15, 0.2) is 0 Å². The number of nitrogens with zero attached hydrogens (tertiary/aromatic N) is 5. The van der Waals surface area contributed by atoms with Crippen LogP contribution < -0.4 is 20.7 Å². The van der Waals surface area contributed by atoms with Crippen LogP contribution in [0.2, 0.25) is 0 Å². The lowest BCUT2D eigenvalue weighted by molar-refractivity contribution is -0.140. The van der Waals surface area contributed by atoms with Gasteiger partial charge in [0.25, 0.3) is 0 Å². The molecule has 3 N–H and O–H groups in total. The van der Waals surface area contributed by atoms with Gasteiger partial charge in [0.1, 0.15) is 17.9 Å². The van der Waals surface area contributed by atoms with Gasteiger partial charge in [0.05, 0.1) is 22.7 Å². The number of nitrogens with two attached hydrogens (primary N) is 1. The molecule has 0 bridgehead atoms. The predicted octanol–water partition coefficient (Wildman–Crippen LogP) is 1.88. The summed E-state index contributed by atoms with van der Waals surface area (Å²) in [6.07, 6.45) is 8.48. The van der Waals surface area contributed by atoms with E-state index in [1.807, 2.05) is 35.2 Å². The van der Waals surface area contributed by atoms with E-state index in [4.69, 9.17) is 20.4 Å². The monoisotopic (exact) mass is 589 g/mol. The van der Waals surface area contributed by atoms with Crippen molar-refractivity contribution in [3.05, 3.63) is 36.4 Å². The first-order valence-electron chi connectivity index (χ1n) is 15.2. The highest BCUT2D eigenvalue weighted by atomic mass is 16.5. The molecule has 12 heteroatoms. The van der Waals surface area contributed by atoms with Crippen LogP contribution in [0.1, 0.15) is 38.5 Å². The van der Waals surface area contributed by atoms with Gasteiger partial charge < -0.3 is 35.3 Å². The summed E-state index contributed by atoms with van der Waals surface area (Å²) in [4.78, 5) is 65.9. The molecular formula is C31H39N7O5. The quantitative estimate of drug-likeness (QED) is 0.405. The van der Waals surface area contributed by atoms with E-state index in [0.717, 1.165) is 30.9 Å². The number of piperazine rings is 1. The van der Waals surface area contributed by atoms with E-state index >= 15 is 0 Å². The Hall–Kier alpha value is -4.22. The maximum Gasteiger partial charge on any atom is 0.314 e. The van der Waals surface area contributed by atoms with E-state index in [1.165, 1.54) is 0 Å². The Labute approximate surface area is 250 Å². The van der Waals surface area contributed by atoms with Gasteiger partial charge in [-0.1, -0.05) is 24.3 Å². The number of rotatable bonds is 4. The number of benzene rings is 1. The SMILES string of the molecule is CN1CCCC/C=C/C2CC2(C=O)NC(=O)C2CC(Oc3nc(N4CCN(C(N)=O)CC4)nc4ccccc34)CC2C1=O. The van der Waals surface area contributed by atoms with Crippen molar-refractivity contribution in [2.24, 2.45) is 23.5 Å². The summed E-state index contributed by atoms with van der Waals surface area (Å²) in [6, 6.07) is 7.13. The van der Waals surface area contributed by atoms with E-state index < -0.39 is 29.5 Å². The number of anilines is 1. The van der Waals surface area contributed by atoms with Crippen LogP contribution in [0.25, 0.3) is 10.9 Å². The van der Waals surface area contributed by atoms with Crippen LogP contribution in [-0.4, -0.2) is 95.3 Å². The number of primary amides is 1. The van der Waals surface area contributed by atoms with Gasteiger partial charge in [0, 0.05) is 45.7 Å². The average molecular weight is 590 g/mol. The Bertz CT molecular complexity index is 1440. The van der Waals surface area contributed by atoms with Crippen molar-refractivity contribution < 1.29 is 23.9 Å². The number of nitrogens with one attached hydrogen (secondary N) is 1. The van der Waals surface area contributed by atoms with Crippen molar-refractivity contribution in [1.29, 1.82) is 0 Å². The van der Waals surface area contributed by atoms with E-state index in [2.05, 4.69) is 11.4 Å². The lowest BCUT2D eigenvalue weighted by Gasteiger charge is -2.34. The van der Waals surface area contributed by atoms with Gasteiger partial charge in [-0.3, -0.25) is 9.59 Å².